The summed E-state index contributed by atoms with van der Waals surface area (Å²) in [7, 11) is 1.49. The first-order chi connectivity index (χ1) is 9.76. The van der Waals surface area contributed by atoms with Crippen molar-refractivity contribution in [2.75, 3.05) is 20.2 Å². The average Bonchev–Trinajstić information content (AvgIpc) is 2.37. The number of hydrogen-bond donors (Lipinski definition) is 3. The Hall–Kier alpha value is -1.95. The molecule has 0 saturated heterocycles. The monoisotopic (exact) mass is 296 g/mol. The van der Waals surface area contributed by atoms with E-state index in [-0.39, 0.29) is 11.7 Å². The highest BCUT2D eigenvalue weighted by molar-refractivity contribution is 5.67. The molecule has 6 nitrogen and oxygen atoms in total. The normalized spacial score (nSPS) is 12.6. The van der Waals surface area contributed by atoms with E-state index in [1.54, 1.807) is 32.9 Å². The first-order valence-electron chi connectivity index (χ1n) is 6.80. The van der Waals surface area contributed by atoms with Gasteiger partial charge in [-0.1, -0.05) is 6.07 Å². The van der Waals surface area contributed by atoms with Gasteiger partial charge in [0.05, 0.1) is 7.11 Å². The van der Waals surface area contributed by atoms with E-state index in [2.05, 4.69) is 5.32 Å². The van der Waals surface area contributed by atoms with Gasteiger partial charge in [-0.2, -0.15) is 0 Å². The minimum Gasteiger partial charge on any atom is -0.504 e. The number of nitrogens with one attached hydrogen (secondary N) is 1. The van der Waals surface area contributed by atoms with Gasteiger partial charge >= 0.3 is 6.09 Å². The van der Waals surface area contributed by atoms with Gasteiger partial charge in [-0.05, 0) is 38.5 Å². The standard InChI is InChI=1S/C15H24N2O4/c1-15(2,3)21-14(19)17-9-11(8-16)10-5-6-13(20-4)12(18)7-10/h5-7,11,18H,8-9,16H2,1-4H3,(H,17,19). The summed E-state index contributed by atoms with van der Waals surface area (Å²) >= 11 is 0. The van der Waals surface area contributed by atoms with Crippen LogP contribution in [0.3, 0.4) is 0 Å². The van der Waals surface area contributed by atoms with Gasteiger partial charge in [-0.15, -0.1) is 0 Å². The molecule has 1 amide bonds. The van der Waals surface area contributed by atoms with Crippen LogP contribution in [0.1, 0.15) is 32.3 Å². The molecule has 0 spiro atoms. The molecule has 0 heterocycles. The number of benzene rings is 1. The van der Waals surface area contributed by atoms with Crippen LogP contribution in [-0.2, 0) is 4.74 Å². The number of amides is 1. The molecule has 0 aliphatic heterocycles. The van der Waals surface area contributed by atoms with Crippen molar-refractivity contribution < 1.29 is 19.4 Å². The maximum atomic E-state index is 11.6. The first-order valence-corrected chi connectivity index (χ1v) is 6.80. The Kier molecular flexibility index (Phi) is 5.84. The van der Waals surface area contributed by atoms with Crippen molar-refractivity contribution in [1.82, 2.24) is 5.32 Å². The van der Waals surface area contributed by atoms with E-state index in [0.29, 0.717) is 18.8 Å². The van der Waals surface area contributed by atoms with E-state index >= 15 is 0 Å². The summed E-state index contributed by atoms with van der Waals surface area (Å²) in [6.45, 7) is 6.07. The highest BCUT2D eigenvalue weighted by atomic mass is 16.6. The Morgan fingerprint density at radius 2 is 2.10 bits per heavy atom. The molecule has 0 aromatic heterocycles. The quantitative estimate of drug-likeness (QED) is 0.772. The molecule has 4 N–H and O–H groups in total. The SMILES string of the molecule is COc1ccc(C(CN)CNC(=O)OC(C)(C)C)cc1O. The number of methoxy groups -OCH3 is 1. The Morgan fingerprint density at radius 1 is 1.43 bits per heavy atom. The minimum absolute atomic E-state index is 0.0470. The molecule has 1 rings (SSSR count). The van der Waals surface area contributed by atoms with Gasteiger partial charge in [0.1, 0.15) is 5.60 Å². The van der Waals surface area contributed by atoms with Crippen LogP contribution in [0, 0.1) is 0 Å². The molecular weight excluding hydrogens is 272 g/mol. The molecule has 6 heteroatoms. The van der Waals surface area contributed by atoms with Crippen molar-refractivity contribution >= 4 is 6.09 Å². The summed E-state index contributed by atoms with van der Waals surface area (Å²) in [5.41, 5.74) is 6.02. The molecule has 0 fully saturated rings. The number of nitrogens with two attached hydrogens (primary N) is 1. The van der Waals surface area contributed by atoms with Gasteiger partial charge in [-0.3, -0.25) is 0 Å². The number of carbonyl (C=O) groups excluding carboxylic acids is 1. The van der Waals surface area contributed by atoms with Crippen LogP contribution in [0.4, 0.5) is 4.79 Å². The number of aromatic hydroxyl groups is 1. The predicted octanol–water partition coefficient (Wildman–Crippen LogP) is 1.97. The summed E-state index contributed by atoms with van der Waals surface area (Å²) in [5.74, 6) is 0.328. The lowest BCUT2D eigenvalue weighted by Crippen LogP contribution is -2.36. The minimum atomic E-state index is -0.541. The van der Waals surface area contributed by atoms with Crippen LogP contribution >= 0.6 is 0 Å². The zero-order valence-electron chi connectivity index (χ0n) is 13.0. The van der Waals surface area contributed by atoms with Crippen LogP contribution in [0.15, 0.2) is 18.2 Å². The lowest BCUT2D eigenvalue weighted by atomic mass is 9.99. The third-order valence-electron chi connectivity index (χ3n) is 2.85. The fourth-order valence-corrected chi connectivity index (χ4v) is 1.82. The van der Waals surface area contributed by atoms with Crippen molar-refractivity contribution in [1.29, 1.82) is 0 Å². The molecule has 1 aromatic carbocycles. The van der Waals surface area contributed by atoms with E-state index in [9.17, 15) is 9.90 Å². The van der Waals surface area contributed by atoms with E-state index < -0.39 is 11.7 Å². The molecule has 1 aromatic rings. The smallest absolute Gasteiger partial charge is 0.407 e. The van der Waals surface area contributed by atoms with Crippen LogP contribution in [0.5, 0.6) is 11.5 Å². The molecule has 1 atom stereocenters. The van der Waals surface area contributed by atoms with E-state index in [4.69, 9.17) is 15.2 Å². The van der Waals surface area contributed by atoms with Gasteiger partial charge in [0, 0.05) is 19.0 Å². The Bertz CT molecular complexity index is 483. The zero-order chi connectivity index (χ0) is 16.0. The summed E-state index contributed by atoms with van der Waals surface area (Å²) < 4.78 is 10.2. The second-order valence-electron chi connectivity index (χ2n) is 5.75. The molecule has 1 unspecified atom stereocenters. The van der Waals surface area contributed by atoms with Crippen LogP contribution in [-0.4, -0.2) is 37.0 Å². The number of alkyl carbamates (subject to hydrolysis) is 1. The molecule has 118 valence electrons. The molecule has 0 bridgehead atoms. The maximum Gasteiger partial charge on any atom is 0.407 e. The number of hydrogen-bond acceptors (Lipinski definition) is 5. The average molecular weight is 296 g/mol. The van der Waals surface area contributed by atoms with Crippen molar-refractivity contribution in [3.05, 3.63) is 23.8 Å². The summed E-state index contributed by atoms with van der Waals surface area (Å²) in [6.07, 6.45) is -0.487. The van der Waals surface area contributed by atoms with Crippen molar-refractivity contribution in [3.8, 4) is 11.5 Å². The maximum absolute atomic E-state index is 11.6. The first kappa shape index (κ1) is 17.1. The third-order valence-corrected chi connectivity index (χ3v) is 2.85. The Labute approximate surface area is 125 Å². The van der Waals surface area contributed by atoms with E-state index in [0.717, 1.165) is 5.56 Å². The molecular formula is C15H24N2O4. The Balaban J connectivity index is 2.67. The fourth-order valence-electron chi connectivity index (χ4n) is 1.82. The molecule has 0 aliphatic carbocycles. The number of phenolic OH excluding ortho intramolecular Hbond substituents is 1. The summed E-state index contributed by atoms with van der Waals surface area (Å²) in [5, 5.41) is 12.5. The van der Waals surface area contributed by atoms with Gasteiger partial charge in [0.15, 0.2) is 11.5 Å². The molecule has 0 aliphatic rings. The third kappa shape index (κ3) is 5.51. The van der Waals surface area contributed by atoms with E-state index in [1.807, 2.05) is 6.07 Å². The number of phenols is 1. The molecule has 0 saturated carbocycles. The van der Waals surface area contributed by atoms with Crippen LogP contribution in [0.2, 0.25) is 0 Å². The largest absolute Gasteiger partial charge is 0.504 e. The molecule has 0 radical (unpaired) electrons. The summed E-state index contributed by atoms with van der Waals surface area (Å²) in [4.78, 5) is 11.6. The number of rotatable bonds is 5. The number of carbonyl (C=O) groups is 1. The van der Waals surface area contributed by atoms with Crippen molar-refractivity contribution in [2.45, 2.75) is 32.3 Å². The van der Waals surface area contributed by atoms with Gasteiger partial charge < -0.3 is 25.6 Å². The zero-order valence-corrected chi connectivity index (χ0v) is 13.0. The lowest BCUT2D eigenvalue weighted by molar-refractivity contribution is 0.0525. The lowest BCUT2D eigenvalue weighted by Gasteiger charge is -2.22. The second kappa shape index (κ2) is 7.17. The highest BCUT2D eigenvalue weighted by Crippen LogP contribution is 2.29. The molecule has 21 heavy (non-hydrogen) atoms. The Morgan fingerprint density at radius 3 is 2.57 bits per heavy atom. The highest BCUT2D eigenvalue weighted by Gasteiger charge is 2.18. The second-order valence-corrected chi connectivity index (χ2v) is 5.75. The van der Waals surface area contributed by atoms with Crippen molar-refractivity contribution in [2.24, 2.45) is 5.73 Å². The summed E-state index contributed by atoms with van der Waals surface area (Å²) in [6, 6.07) is 5.07. The van der Waals surface area contributed by atoms with Gasteiger partial charge in [0.2, 0.25) is 0 Å². The van der Waals surface area contributed by atoms with E-state index in [1.165, 1.54) is 7.11 Å². The van der Waals surface area contributed by atoms with Crippen LogP contribution < -0.4 is 15.8 Å². The number of ether oxygens (including phenoxy) is 2. The fraction of sp³-hybridized carbons (Fsp3) is 0.533. The predicted molar refractivity (Wildman–Crippen MR) is 80.7 cm³/mol. The van der Waals surface area contributed by atoms with Gasteiger partial charge in [0.25, 0.3) is 0 Å². The van der Waals surface area contributed by atoms with Crippen molar-refractivity contribution in [3.63, 3.8) is 0 Å². The topological polar surface area (TPSA) is 93.8 Å². The van der Waals surface area contributed by atoms with Gasteiger partial charge in [-0.25, -0.2) is 4.79 Å². The van der Waals surface area contributed by atoms with Crippen LogP contribution in [0.25, 0.3) is 0 Å².